The molecule has 1 heterocycles. The lowest BCUT2D eigenvalue weighted by Gasteiger charge is -2.06. The summed E-state index contributed by atoms with van der Waals surface area (Å²) in [6.07, 6.45) is 0. The van der Waals surface area contributed by atoms with Gasteiger partial charge in [0.15, 0.2) is 0 Å². The summed E-state index contributed by atoms with van der Waals surface area (Å²) in [5.74, 6) is 0.0112. The van der Waals surface area contributed by atoms with E-state index in [1.807, 2.05) is 72.8 Å². The second kappa shape index (κ2) is 7.32. The molecule has 0 saturated carbocycles. The van der Waals surface area contributed by atoms with Crippen LogP contribution in [0.15, 0.2) is 84.9 Å². The number of nitrogens with one attached hydrogen (secondary N) is 1. The van der Waals surface area contributed by atoms with Crippen LogP contribution in [0.25, 0.3) is 0 Å². The van der Waals surface area contributed by atoms with Gasteiger partial charge >= 0.3 is 0 Å². The van der Waals surface area contributed by atoms with Crippen molar-refractivity contribution in [2.75, 3.05) is 5.32 Å². The van der Waals surface area contributed by atoms with Gasteiger partial charge in [0.25, 0.3) is 0 Å². The van der Waals surface area contributed by atoms with Crippen molar-refractivity contribution >= 4 is 23.2 Å². The maximum atomic E-state index is 12.9. The smallest absolute Gasteiger partial charge is 0.243 e. The van der Waals surface area contributed by atoms with Gasteiger partial charge in [-0.3, -0.25) is 9.69 Å². The SMILES string of the molecule is O=C(Nc1ccccc1)[C@H]1[C@H](c2cccc(Cl)c2)N1Cc1ccccc1. The highest BCUT2D eigenvalue weighted by molar-refractivity contribution is 6.30. The fourth-order valence-electron chi connectivity index (χ4n) is 3.36. The van der Waals surface area contributed by atoms with Gasteiger partial charge in [0.1, 0.15) is 6.04 Å². The third-order valence-electron chi connectivity index (χ3n) is 4.63. The van der Waals surface area contributed by atoms with Crippen LogP contribution in [0.4, 0.5) is 5.69 Å². The van der Waals surface area contributed by atoms with Gasteiger partial charge in [-0.25, -0.2) is 0 Å². The second-order valence-electron chi connectivity index (χ2n) is 6.46. The highest BCUT2D eigenvalue weighted by Gasteiger charge is 2.53. The Morgan fingerprint density at radius 3 is 2.31 bits per heavy atom. The molecule has 0 bridgehead atoms. The molecule has 3 atom stereocenters. The molecule has 1 aliphatic heterocycles. The number of benzene rings is 3. The number of carbonyl (C=O) groups is 1. The lowest BCUT2D eigenvalue weighted by Crippen LogP contribution is -2.21. The van der Waals surface area contributed by atoms with Crippen molar-refractivity contribution in [1.82, 2.24) is 4.90 Å². The molecule has 0 spiro atoms. The number of hydrogen-bond acceptors (Lipinski definition) is 2. The van der Waals surface area contributed by atoms with Gasteiger partial charge in [0, 0.05) is 17.3 Å². The minimum absolute atomic E-state index is 0.0112. The van der Waals surface area contributed by atoms with Gasteiger partial charge in [-0.05, 0) is 35.4 Å². The zero-order valence-electron chi connectivity index (χ0n) is 14.2. The molecule has 0 aromatic heterocycles. The number of rotatable bonds is 5. The lowest BCUT2D eigenvalue weighted by molar-refractivity contribution is -0.116. The Bertz CT molecular complexity index is 898. The van der Waals surface area contributed by atoms with E-state index in [2.05, 4.69) is 22.3 Å². The van der Waals surface area contributed by atoms with E-state index >= 15 is 0 Å². The predicted molar refractivity (Wildman–Crippen MR) is 105 cm³/mol. The molecule has 1 fully saturated rings. The Balaban J connectivity index is 1.56. The first kappa shape index (κ1) is 16.8. The van der Waals surface area contributed by atoms with Crippen LogP contribution in [-0.2, 0) is 11.3 Å². The number of hydrogen-bond donors (Lipinski definition) is 1. The molecule has 1 N–H and O–H groups in total. The monoisotopic (exact) mass is 362 g/mol. The van der Waals surface area contributed by atoms with Crippen molar-refractivity contribution in [2.24, 2.45) is 0 Å². The van der Waals surface area contributed by atoms with E-state index in [1.54, 1.807) is 0 Å². The maximum absolute atomic E-state index is 12.9. The Hall–Kier alpha value is -2.62. The van der Waals surface area contributed by atoms with Crippen molar-refractivity contribution in [1.29, 1.82) is 0 Å². The standard InChI is InChI=1S/C22H19ClN2O/c23-18-11-7-10-17(14-18)20-21(22(26)24-19-12-5-2-6-13-19)25(20)15-16-8-3-1-4-9-16/h1-14,20-21H,15H2,(H,24,26)/t20-,21+,25?/m0/s1. The van der Waals surface area contributed by atoms with Crippen LogP contribution < -0.4 is 5.32 Å². The van der Waals surface area contributed by atoms with Crippen LogP contribution in [0.1, 0.15) is 17.2 Å². The molecule has 4 rings (SSSR count). The molecule has 4 heteroatoms. The summed E-state index contributed by atoms with van der Waals surface area (Å²) < 4.78 is 0. The molecule has 130 valence electrons. The van der Waals surface area contributed by atoms with E-state index in [1.165, 1.54) is 5.56 Å². The number of halogens is 1. The third kappa shape index (κ3) is 3.64. The number of para-hydroxylation sites is 1. The van der Waals surface area contributed by atoms with Crippen LogP contribution in [0.5, 0.6) is 0 Å². The van der Waals surface area contributed by atoms with Gasteiger partial charge in [0.05, 0.1) is 6.04 Å². The van der Waals surface area contributed by atoms with Crippen LogP contribution in [0, 0.1) is 0 Å². The molecule has 3 aromatic carbocycles. The lowest BCUT2D eigenvalue weighted by atomic mass is 10.1. The van der Waals surface area contributed by atoms with Crippen LogP contribution >= 0.6 is 11.6 Å². The average Bonchev–Trinajstić information content (AvgIpc) is 3.37. The summed E-state index contributed by atoms with van der Waals surface area (Å²) >= 11 is 6.16. The van der Waals surface area contributed by atoms with Gasteiger partial charge in [-0.1, -0.05) is 72.3 Å². The fourth-order valence-corrected chi connectivity index (χ4v) is 3.56. The van der Waals surface area contributed by atoms with Crippen LogP contribution in [-0.4, -0.2) is 16.8 Å². The van der Waals surface area contributed by atoms with Crippen molar-refractivity contribution in [3.63, 3.8) is 0 Å². The molecule has 0 radical (unpaired) electrons. The Kier molecular flexibility index (Phi) is 4.74. The zero-order valence-corrected chi connectivity index (χ0v) is 14.9. The van der Waals surface area contributed by atoms with E-state index in [0.29, 0.717) is 5.02 Å². The molecule has 1 saturated heterocycles. The van der Waals surface area contributed by atoms with Crippen molar-refractivity contribution in [3.8, 4) is 0 Å². The maximum Gasteiger partial charge on any atom is 0.243 e. The number of carbonyl (C=O) groups excluding carboxylic acids is 1. The fraction of sp³-hybridized carbons (Fsp3) is 0.136. The predicted octanol–water partition coefficient (Wildman–Crippen LogP) is 4.90. The first-order chi connectivity index (χ1) is 12.7. The van der Waals surface area contributed by atoms with Gasteiger partial charge in [0.2, 0.25) is 5.91 Å². The average molecular weight is 363 g/mol. The van der Waals surface area contributed by atoms with Gasteiger partial charge in [-0.15, -0.1) is 0 Å². The highest BCUT2D eigenvalue weighted by atomic mass is 35.5. The van der Waals surface area contributed by atoms with Gasteiger partial charge < -0.3 is 5.32 Å². The van der Waals surface area contributed by atoms with E-state index in [4.69, 9.17) is 11.6 Å². The molecule has 3 aromatic rings. The molecule has 3 nitrogen and oxygen atoms in total. The molecule has 1 amide bonds. The normalized spacial score (nSPS) is 21.2. The number of anilines is 1. The first-order valence-corrected chi connectivity index (χ1v) is 9.01. The zero-order chi connectivity index (χ0) is 17.9. The summed E-state index contributed by atoms with van der Waals surface area (Å²) in [6.45, 7) is 0.727. The molecule has 26 heavy (non-hydrogen) atoms. The highest BCUT2D eigenvalue weighted by Crippen LogP contribution is 2.45. The Morgan fingerprint density at radius 1 is 0.923 bits per heavy atom. The summed E-state index contributed by atoms with van der Waals surface area (Å²) in [7, 11) is 0. The third-order valence-corrected chi connectivity index (χ3v) is 4.87. The minimum atomic E-state index is -0.200. The van der Waals surface area contributed by atoms with Crippen LogP contribution in [0.3, 0.4) is 0 Å². The summed E-state index contributed by atoms with van der Waals surface area (Å²) in [5.41, 5.74) is 3.07. The van der Waals surface area contributed by atoms with Gasteiger partial charge in [-0.2, -0.15) is 0 Å². The number of nitrogens with zero attached hydrogens (tertiary/aromatic N) is 1. The molecular formula is C22H19ClN2O. The van der Waals surface area contributed by atoms with E-state index in [-0.39, 0.29) is 18.0 Å². The second-order valence-corrected chi connectivity index (χ2v) is 6.89. The first-order valence-electron chi connectivity index (χ1n) is 8.63. The van der Waals surface area contributed by atoms with E-state index in [9.17, 15) is 4.79 Å². The van der Waals surface area contributed by atoms with Crippen molar-refractivity contribution < 1.29 is 4.79 Å². The largest absolute Gasteiger partial charge is 0.325 e. The minimum Gasteiger partial charge on any atom is -0.325 e. The van der Waals surface area contributed by atoms with Crippen LogP contribution in [0.2, 0.25) is 5.02 Å². The topological polar surface area (TPSA) is 32.1 Å². The van der Waals surface area contributed by atoms with E-state index in [0.717, 1.165) is 17.8 Å². The quantitative estimate of drug-likeness (QED) is 0.654. The van der Waals surface area contributed by atoms with E-state index < -0.39 is 0 Å². The Morgan fingerprint density at radius 2 is 1.62 bits per heavy atom. The molecular weight excluding hydrogens is 344 g/mol. The summed E-state index contributed by atoms with van der Waals surface area (Å²) in [6, 6.07) is 27.4. The summed E-state index contributed by atoms with van der Waals surface area (Å²) in [5, 5.41) is 3.71. The molecule has 1 unspecified atom stereocenters. The van der Waals surface area contributed by atoms with Crippen molar-refractivity contribution in [2.45, 2.75) is 18.6 Å². The number of amides is 1. The molecule has 1 aliphatic rings. The molecule has 0 aliphatic carbocycles. The Labute approximate surface area is 158 Å². The summed E-state index contributed by atoms with van der Waals surface area (Å²) in [4.78, 5) is 15.1. The van der Waals surface area contributed by atoms with Crippen molar-refractivity contribution in [3.05, 3.63) is 101 Å².